The third kappa shape index (κ3) is 2.10. The van der Waals surface area contributed by atoms with E-state index in [4.69, 9.17) is 0 Å². The number of hydrogen-bond acceptors (Lipinski definition) is 3. The number of nitrogens with zero attached hydrogens (tertiary/aromatic N) is 3. The second-order valence-electron chi connectivity index (χ2n) is 7.95. The highest BCUT2D eigenvalue weighted by molar-refractivity contribution is 5.95. The topological polar surface area (TPSA) is 59.3 Å². The van der Waals surface area contributed by atoms with Gasteiger partial charge < -0.3 is 4.57 Å². The molecule has 1 aromatic heterocycles. The van der Waals surface area contributed by atoms with E-state index in [-0.39, 0.29) is 23.3 Å². The Morgan fingerprint density at radius 3 is 2.88 bits per heavy atom. The number of aromatic nitrogens is 2. The lowest BCUT2D eigenvalue weighted by Crippen LogP contribution is -2.34. The molecule has 2 saturated carbocycles. The number of rotatable bonds is 3. The Kier molecular flexibility index (Phi) is 3.31. The van der Waals surface area contributed by atoms with Crippen LogP contribution in [0.5, 0.6) is 0 Å². The molecule has 2 aliphatic rings. The smallest absolute Gasteiger partial charge is 0.260 e. The molecule has 2 atom stereocenters. The molecule has 1 aromatic carbocycles. The first-order chi connectivity index (χ1) is 11.4. The number of carbonyl (C=O) groups is 1. The number of para-hydroxylation sites is 2. The Hall–Kier alpha value is -2.17. The van der Waals surface area contributed by atoms with E-state index in [0.717, 1.165) is 23.2 Å². The third-order valence-corrected chi connectivity index (χ3v) is 6.67. The molecule has 0 aliphatic heterocycles. The van der Waals surface area contributed by atoms with E-state index in [0.29, 0.717) is 5.92 Å². The molecular weight excluding hydrogens is 300 g/mol. The van der Waals surface area contributed by atoms with Gasteiger partial charge in [-0.05, 0) is 42.7 Å². The molecule has 5 heteroatoms. The van der Waals surface area contributed by atoms with Crippen LogP contribution in [0.1, 0.15) is 40.0 Å². The zero-order chi connectivity index (χ0) is 16.9. The first-order valence-corrected chi connectivity index (χ1v) is 8.67. The van der Waals surface area contributed by atoms with Gasteiger partial charge in [0.1, 0.15) is 6.54 Å². The Morgan fingerprint density at radius 2 is 2.17 bits per heavy atom. The quantitative estimate of drug-likeness (QED) is 0.880. The summed E-state index contributed by atoms with van der Waals surface area (Å²) >= 11 is 0. The second-order valence-corrected chi connectivity index (χ2v) is 7.95. The minimum absolute atomic E-state index is 0.102. The number of nitrogens with one attached hydrogen (secondary N) is 1. The van der Waals surface area contributed by atoms with E-state index in [1.807, 2.05) is 28.8 Å². The highest BCUT2D eigenvalue weighted by Crippen LogP contribution is 2.63. The number of imidazole rings is 1. The number of hydrogen-bond donors (Lipinski definition) is 1. The van der Waals surface area contributed by atoms with Crippen molar-refractivity contribution in [2.24, 2.45) is 21.8 Å². The van der Waals surface area contributed by atoms with Gasteiger partial charge in [-0.3, -0.25) is 4.79 Å². The van der Waals surface area contributed by atoms with Crippen molar-refractivity contribution in [1.82, 2.24) is 15.0 Å². The molecule has 1 amide bonds. The molecule has 2 bridgehead atoms. The van der Waals surface area contributed by atoms with Crippen LogP contribution in [0.25, 0.3) is 11.0 Å². The molecule has 1 N–H and O–H groups in total. The van der Waals surface area contributed by atoms with Crippen molar-refractivity contribution in [2.75, 3.05) is 0 Å². The molecule has 0 spiro atoms. The van der Waals surface area contributed by atoms with Crippen LogP contribution >= 0.6 is 0 Å². The molecule has 0 radical (unpaired) electrons. The van der Waals surface area contributed by atoms with Gasteiger partial charge in [-0.15, -0.1) is 0 Å². The van der Waals surface area contributed by atoms with Gasteiger partial charge in [0, 0.05) is 11.1 Å². The van der Waals surface area contributed by atoms with Gasteiger partial charge in [-0.1, -0.05) is 32.9 Å². The summed E-state index contributed by atoms with van der Waals surface area (Å²) in [6, 6.07) is 7.82. The van der Waals surface area contributed by atoms with Crippen LogP contribution < -0.4 is 5.43 Å². The van der Waals surface area contributed by atoms with Gasteiger partial charge in [0.05, 0.1) is 17.4 Å². The molecule has 2 fully saturated rings. The average Bonchev–Trinajstić information content (AvgIpc) is 3.12. The van der Waals surface area contributed by atoms with Crippen LogP contribution in [-0.2, 0) is 11.3 Å². The van der Waals surface area contributed by atoms with Gasteiger partial charge in [0.2, 0.25) is 0 Å². The SMILES string of the molecule is CC12CCC(CC1=NNC(=O)Cn1cnc3ccccc31)C2(C)C. The van der Waals surface area contributed by atoms with Crippen molar-refractivity contribution >= 4 is 22.7 Å². The minimum Gasteiger partial charge on any atom is -0.321 e. The van der Waals surface area contributed by atoms with Crippen molar-refractivity contribution in [1.29, 1.82) is 0 Å². The van der Waals surface area contributed by atoms with E-state index in [1.54, 1.807) is 6.33 Å². The average molecular weight is 324 g/mol. The zero-order valence-electron chi connectivity index (χ0n) is 14.5. The molecule has 126 valence electrons. The van der Waals surface area contributed by atoms with Crippen LogP contribution in [0, 0.1) is 16.7 Å². The normalized spacial score (nSPS) is 29.5. The molecule has 24 heavy (non-hydrogen) atoms. The van der Waals surface area contributed by atoms with Crippen molar-refractivity contribution in [2.45, 2.75) is 46.6 Å². The van der Waals surface area contributed by atoms with Crippen LogP contribution in [0.3, 0.4) is 0 Å². The van der Waals surface area contributed by atoms with Crippen LogP contribution in [-0.4, -0.2) is 21.2 Å². The van der Waals surface area contributed by atoms with E-state index in [2.05, 4.69) is 36.3 Å². The molecule has 2 unspecified atom stereocenters. The standard InChI is InChI=1S/C19H24N4O/c1-18(2)13-8-9-19(18,3)16(10-13)21-22-17(24)11-23-12-20-14-6-4-5-7-15(14)23/h4-7,12-13H,8-11H2,1-3H3,(H,22,24). The van der Waals surface area contributed by atoms with Crippen molar-refractivity contribution in [3.8, 4) is 0 Å². The van der Waals surface area contributed by atoms with E-state index in [9.17, 15) is 4.79 Å². The van der Waals surface area contributed by atoms with Crippen LogP contribution in [0.4, 0.5) is 0 Å². The molecule has 4 rings (SSSR count). The monoisotopic (exact) mass is 324 g/mol. The lowest BCUT2D eigenvalue weighted by molar-refractivity contribution is -0.121. The highest BCUT2D eigenvalue weighted by atomic mass is 16.2. The van der Waals surface area contributed by atoms with Crippen molar-refractivity contribution in [3.63, 3.8) is 0 Å². The lowest BCUT2D eigenvalue weighted by Gasteiger charge is -2.34. The molecular formula is C19H24N4O. The summed E-state index contributed by atoms with van der Waals surface area (Å²) in [6.45, 7) is 7.22. The summed E-state index contributed by atoms with van der Waals surface area (Å²) in [5.41, 5.74) is 6.20. The third-order valence-electron chi connectivity index (χ3n) is 6.67. The maximum absolute atomic E-state index is 12.3. The van der Waals surface area contributed by atoms with Gasteiger partial charge in [-0.2, -0.15) is 5.10 Å². The van der Waals surface area contributed by atoms with Crippen molar-refractivity contribution < 1.29 is 4.79 Å². The fraction of sp³-hybridized carbons (Fsp3) is 0.526. The minimum atomic E-state index is -0.102. The molecule has 2 aliphatic carbocycles. The predicted molar refractivity (Wildman–Crippen MR) is 94.5 cm³/mol. The first-order valence-electron chi connectivity index (χ1n) is 8.67. The number of carbonyl (C=O) groups excluding carboxylic acids is 1. The molecule has 1 heterocycles. The van der Waals surface area contributed by atoms with Crippen LogP contribution in [0.15, 0.2) is 35.7 Å². The lowest BCUT2D eigenvalue weighted by atomic mass is 9.70. The fourth-order valence-electron chi connectivity index (χ4n) is 4.55. The predicted octanol–water partition coefficient (Wildman–Crippen LogP) is 3.35. The van der Waals surface area contributed by atoms with Gasteiger partial charge in [0.25, 0.3) is 5.91 Å². The largest absolute Gasteiger partial charge is 0.321 e. The Morgan fingerprint density at radius 1 is 1.38 bits per heavy atom. The first kappa shape index (κ1) is 15.4. The Labute approximate surface area is 142 Å². The van der Waals surface area contributed by atoms with Gasteiger partial charge >= 0.3 is 0 Å². The highest BCUT2D eigenvalue weighted by Gasteiger charge is 2.59. The Bertz CT molecular complexity index is 835. The summed E-state index contributed by atoms with van der Waals surface area (Å²) in [6.07, 6.45) is 5.17. The van der Waals surface area contributed by atoms with Crippen molar-refractivity contribution in [3.05, 3.63) is 30.6 Å². The maximum Gasteiger partial charge on any atom is 0.260 e. The molecule has 5 nitrogen and oxygen atoms in total. The van der Waals surface area contributed by atoms with E-state index >= 15 is 0 Å². The Balaban J connectivity index is 1.48. The number of hydrazone groups is 1. The maximum atomic E-state index is 12.3. The number of fused-ring (bicyclic) bond motifs is 3. The van der Waals surface area contributed by atoms with Gasteiger partial charge in [-0.25, -0.2) is 10.4 Å². The summed E-state index contributed by atoms with van der Waals surface area (Å²) in [5, 5.41) is 4.52. The summed E-state index contributed by atoms with van der Waals surface area (Å²) in [5.74, 6) is 0.588. The molecule has 2 aromatic rings. The van der Waals surface area contributed by atoms with Gasteiger partial charge in [0.15, 0.2) is 0 Å². The summed E-state index contributed by atoms with van der Waals surface area (Å²) in [7, 11) is 0. The zero-order valence-corrected chi connectivity index (χ0v) is 14.5. The summed E-state index contributed by atoms with van der Waals surface area (Å²) in [4.78, 5) is 16.6. The number of amides is 1. The van der Waals surface area contributed by atoms with Crippen LogP contribution in [0.2, 0.25) is 0 Å². The number of benzene rings is 1. The fourth-order valence-corrected chi connectivity index (χ4v) is 4.55. The summed E-state index contributed by atoms with van der Waals surface area (Å²) < 4.78 is 1.86. The molecule has 0 saturated heterocycles. The van der Waals surface area contributed by atoms with E-state index < -0.39 is 0 Å². The van der Waals surface area contributed by atoms with E-state index in [1.165, 1.54) is 12.8 Å². The second kappa shape index (κ2) is 5.16.